The molecule has 12 aromatic carbocycles. The van der Waals surface area contributed by atoms with Crippen LogP contribution in [0.25, 0.3) is 105 Å². The van der Waals surface area contributed by atoms with Gasteiger partial charge in [-0.3, -0.25) is 0 Å². The van der Waals surface area contributed by atoms with E-state index in [1.54, 1.807) is 0 Å². The van der Waals surface area contributed by atoms with E-state index in [0.29, 0.717) is 0 Å². The second-order valence-corrected chi connectivity index (χ2v) is 20.5. The van der Waals surface area contributed by atoms with E-state index in [1.807, 2.05) is 0 Å². The minimum Gasteiger partial charge on any atom is -0.310 e. The van der Waals surface area contributed by atoms with Crippen molar-refractivity contribution in [3.8, 4) is 72.4 Å². The molecule has 13 aromatic rings. The number of benzene rings is 12. The van der Waals surface area contributed by atoms with Crippen molar-refractivity contribution in [1.29, 1.82) is 0 Å². The van der Waals surface area contributed by atoms with Gasteiger partial charge in [-0.1, -0.05) is 232 Å². The highest BCUT2D eigenvalue weighted by Crippen LogP contribution is 2.51. The number of nitrogens with zero attached hydrogens (tertiary/aromatic N) is 2. The Kier molecular flexibility index (Phi) is 10.6. The largest absolute Gasteiger partial charge is 0.310 e. The van der Waals surface area contributed by atoms with Gasteiger partial charge in [-0.05, 0) is 144 Å². The number of fused-ring (bicyclic) bond motifs is 7. The van der Waals surface area contributed by atoms with Crippen molar-refractivity contribution in [1.82, 2.24) is 4.57 Å². The molecular formula is C73H52N2. The van der Waals surface area contributed by atoms with Crippen LogP contribution in [0.2, 0.25) is 0 Å². The van der Waals surface area contributed by atoms with Crippen molar-refractivity contribution < 1.29 is 0 Å². The number of hydrogen-bond acceptors (Lipinski definition) is 1. The molecule has 0 spiro atoms. The second kappa shape index (κ2) is 17.9. The van der Waals surface area contributed by atoms with Crippen LogP contribution in [0, 0.1) is 0 Å². The van der Waals surface area contributed by atoms with Gasteiger partial charge in [0.1, 0.15) is 0 Å². The van der Waals surface area contributed by atoms with Crippen LogP contribution in [-0.4, -0.2) is 4.57 Å². The second-order valence-electron chi connectivity index (χ2n) is 20.5. The van der Waals surface area contributed by atoms with Gasteiger partial charge in [-0.25, -0.2) is 0 Å². The smallest absolute Gasteiger partial charge is 0.0547 e. The quantitative estimate of drug-likeness (QED) is 0.140. The minimum absolute atomic E-state index is 0.112. The molecule has 2 heteroatoms. The van der Waals surface area contributed by atoms with Crippen LogP contribution in [-0.2, 0) is 5.41 Å². The lowest BCUT2D eigenvalue weighted by Crippen LogP contribution is -2.16. The summed E-state index contributed by atoms with van der Waals surface area (Å²) in [6.45, 7) is 4.71. The van der Waals surface area contributed by atoms with Gasteiger partial charge in [0, 0.05) is 38.8 Å². The van der Waals surface area contributed by atoms with Crippen LogP contribution in [0.1, 0.15) is 25.0 Å². The van der Waals surface area contributed by atoms with Crippen molar-refractivity contribution in [3.05, 3.63) is 290 Å². The van der Waals surface area contributed by atoms with E-state index in [-0.39, 0.29) is 5.41 Å². The third kappa shape index (κ3) is 7.56. The Balaban J connectivity index is 0.836. The van der Waals surface area contributed by atoms with Gasteiger partial charge >= 0.3 is 0 Å². The standard InChI is InChI=1S/C73H52N2/c1-73(2)68-26-13-11-24-64(68)65-44-42-60(48-69(65)73)74(58-38-32-52(33-39-58)49-16-5-3-6-17-49)59-40-34-53(35-41-59)51-28-30-55(31-29-51)63-23-12-14-27-70(63)75-71-45-37-56(50-18-7-4-8-19-50)46-67(71)66-43-36-57(47-72(66)75)62-25-15-21-54-20-9-10-22-61(54)62/h3-48H,1-2H3. The normalized spacial score (nSPS) is 12.5. The minimum atomic E-state index is -0.112. The Morgan fingerprint density at radius 3 is 1.51 bits per heavy atom. The predicted molar refractivity (Wildman–Crippen MR) is 318 cm³/mol. The van der Waals surface area contributed by atoms with E-state index in [1.165, 1.54) is 110 Å². The molecule has 0 radical (unpaired) electrons. The Morgan fingerprint density at radius 1 is 0.280 bits per heavy atom. The summed E-state index contributed by atoms with van der Waals surface area (Å²) in [5.74, 6) is 0. The van der Waals surface area contributed by atoms with Gasteiger partial charge in [-0.2, -0.15) is 0 Å². The van der Waals surface area contributed by atoms with Crippen molar-refractivity contribution >= 4 is 49.6 Å². The van der Waals surface area contributed by atoms with Crippen molar-refractivity contribution in [3.63, 3.8) is 0 Å². The van der Waals surface area contributed by atoms with Crippen LogP contribution in [0.5, 0.6) is 0 Å². The van der Waals surface area contributed by atoms with E-state index in [4.69, 9.17) is 0 Å². The summed E-state index contributed by atoms with van der Waals surface area (Å²) in [6, 6.07) is 103. The van der Waals surface area contributed by atoms with Crippen molar-refractivity contribution in [2.75, 3.05) is 4.90 Å². The molecule has 0 fully saturated rings. The molecule has 1 heterocycles. The number of anilines is 3. The Labute approximate surface area is 438 Å². The first kappa shape index (κ1) is 44.2. The Hall–Kier alpha value is -9.50. The molecule has 75 heavy (non-hydrogen) atoms. The summed E-state index contributed by atoms with van der Waals surface area (Å²) >= 11 is 0. The molecular weight excluding hydrogens is 905 g/mol. The summed E-state index contributed by atoms with van der Waals surface area (Å²) in [5.41, 5.74) is 24.1. The lowest BCUT2D eigenvalue weighted by atomic mass is 9.82. The molecule has 354 valence electrons. The summed E-state index contributed by atoms with van der Waals surface area (Å²) in [4.78, 5) is 2.40. The zero-order valence-corrected chi connectivity index (χ0v) is 42.0. The molecule has 1 aromatic heterocycles. The number of rotatable bonds is 9. The van der Waals surface area contributed by atoms with Gasteiger partial charge in [0.15, 0.2) is 0 Å². The highest BCUT2D eigenvalue weighted by atomic mass is 15.1. The molecule has 0 saturated carbocycles. The van der Waals surface area contributed by atoms with Crippen LogP contribution >= 0.6 is 0 Å². The molecule has 0 saturated heterocycles. The van der Waals surface area contributed by atoms with Crippen LogP contribution in [0.3, 0.4) is 0 Å². The monoisotopic (exact) mass is 956 g/mol. The van der Waals surface area contributed by atoms with Gasteiger partial charge < -0.3 is 9.47 Å². The highest BCUT2D eigenvalue weighted by Gasteiger charge is 2.35. The average Bonchev–Trinajstić information content (AvgIpc) is 3.93. The maximum atomic E-state index is 2.48. The van der Waals surface area contributed by atoms with Gasteiger partial charge in [0.05, 0.1) is 16.7 Å². The molecule has 14 rings (SSSR count). The summed E-state index contributed by atoms with van der Waals surface area (Å²) in [6.07, 6.45) is 0. The Bertz CT molecular complexity index is 4270. The first-order valence-electron chi connectivity index (χ1n) is 26.1. The molecule has 0 bridgehead atoms. The van der Waals surface area contributed by atoms with E-state index in [0.717, 1.165) is 22.7 Å². The summed E-state index contributed by atoms with van der Waals surface area (Å²) in [7, 11) is 0. The van der Waals surface area contributed by atoms with E-state index >= 15 is 0 Å². The number of hydrogen-bond donors (Lipinski definition) is 0. The molecule has 0 N–H and O–H groups in total. The number of aromatic nitrogens is 1. The van der Waals surface area contributed by atoms with E-state index < -0.39 is 0 Å². The SMILES string of the molecule is CC1(C)c2ccccc2-c2ccc(N(c3ccc(-c4ccccc4)cc3)c3ccc(-c4ccc(-c5ccccc5-n5c6ccc(-c7ccccc7)cc6c6ccc(-c7cccc8ccccc78)cc65)cc4)cc3)cc21. The van der Waals surface area contributed by atoms with Gasteiger partial charge in [0.25, 0.3) is 0 Å². The third-order valence-electron chi connectivity index (χ3n) is 15.8. The molecule has 0 aliphatic heterocycles. The first-order chi connectivity index (χ1) is 36.9. The maximum Gasteiger partial charge on any atom is 0.0547 e. The fraction of sp³-hybridized carbons (Fsp3) is 0.0411. The lowest BCUT2D eigenvalue weighted by Gasteiger charge is -2.28. The van der Waals surface area contributed by atoms with Crippen LogP contribution in [0.4, 0.5) is 17.1 Å². The zero-order valence-electron chi connectivity index (χ0n) is 42.0. The molecule has 0 unspecified atom stereocenters. The van der Waals surface area contributed by atoms with Crippen molar-refractivity contribution in [2.24, 2.45) is 0 Å². The topological polar surface area (TPSA) is 8.17 Å². The fourth-order valence-corrected chi connectivity index (χ4v) is 12.0. The van der Waals surface area contributed by atoms with Crippen LogP contribution in [0.15, 0.2) is 279 Å². The first-order valence-corrected chi connectivity index (χ1v) is 26.1. The average molecular weight is 957 g/mol. The summed E-state index contributed by atoms with van der Waals surface area (Å²) < 4.78 is 2.48. The van der Waals surface area contributed by atoms with Crippen LogP contribution < -0.4 is 4.90 Å². The van der Waals surface area contributed by atoms with Gasteiger partial charge in [0.2, 0.25) is 0 Å². The maximum absolute atomic E-state index is 2.48. The van der Waals surface area contributed by atoms with Crippen molar-refractivity contribution in [2.45, 2.75) is 19.3 Å². The van der Waals surface area contributed by atoms with E-state index in [9.17, 15) is 0 Å². The highest BCUT2D eigenvalue weighted by molar-refractivity contribution is 6.12. The lowest BCUT2D eigenvalue weighted by molar-refractivity contribution is 0.660. The Morgan fingerprint density at radius 2 is 0.787 bits per heavy atom. The van der Waals surface area contributed by atoms with E-state index in [2.05, 4.69) is 302 Å². The zero-order chi connectivity index (χ0) is 50.0. The molecule has 0 amide bonds. The van der Waals surface area contributed by atoms with Gasteiger partial charge in [-0.15, -0.1) is 0 Å². The molecule has 1 aliphatic carbocycles. The third-order valence-corrected chi connectivity index (χ3v) is 15.8. The molecule has 1 aliphatic rings. The molecule has 0 atom stereocenters. The summed E-state index contributed by atoms with van der Waals surface area (Å²) in [5, 5.41) is 4.96. The predicted octanol–water partition coefficient (Wildman–Crippen LogP) is 20.0. The fourth-order valence-electron chi connectivity index (χ4n) is 12.0. The molecule has 2 nitrogen and oxygen atoms in total. The number of para-hydroxylation sites is 1.